The molecule has 172 valence electrons. The lowest BCUT2D eigenvalue weighted by Gasteiger charge is -2.20. The molecule has 1 unspecified atom stereocenters. The van der Waals surface area contributed by atoms with Crippen LogP contribution in [0.2, 0.25) is 0 Å². The van der Waals surface area contributed by atoms with Crippen LogP contribution in [0.3, 0.4) is 0 Å². The third-order valence-electron chi connectivity index (χ3n) is 4.25. The van der Waals surface area contributed by atoms with E-state index in [0.717, 1.165) is 0 Å². The molecule has 3 N–H and O–H groups in total. The molecular weight excluding hydrogens is 427 g/mol. The molecule has 0 aliphatic rings. The molecule has 0 saturated carbocycles. The van der Waals surface area contributed by atoms with Gasteiger partial charge in [0.1, 0.15) is 35.0 Å². The lowest BCUT2D eigenvalue weighted by molar-refractivity contribution is -0.108. The molecule has 8 nitrogen and oxygen atoms in total. The Balaban J connectivity index is 1.90. The molecule has 3 aromatic rings. The highest BCUT2D eigenvalue weighted by Gasteiger charge is 2.21. The van der Waals surface area contributed by atoms with E-state index in [1.54, 1.807) is 45.0 Å². The number of esters is 1. The van der Waals surface area contributed by atoms with Crippen LogP contribution in [0, 0.1) is 5.82 Å². The molecule has 0 bridgehead atoms. The summed E-state index contributed by atoms with van der Waals surface area (Å²) >= 11 is 0. The van der Waals surface area contributed by atoms with Gasteiger partial charge in [-0.1, -0.05) is 0 Å². The van der Waals surface area contributed by atoms with E-state index in [1.165, 1.54) is 30.3 Å². The first kappa shape index (κ1) is 23.8. The smallest absolute Gasteiger partial charge is 0.357 e. The zero-order valence-corrected chi connectivity index (χ0v) is 18.5. The van der Waals surface area contributed by atoms with E-state index in [2.05, 4.69) is 15.3 Å². The molecule has 1 aromatic heterocycles. The molecule has 0 spiro atoms. The van der Waals surface area contributed by atoms with Crippen LogP contribution in [0.1, 0.15) is 31.3 Å². The number of nitrogens with zero attached hydrogens (tertiary/aromatic N) is 2. The third kappa shape index (κ3) is 6.81. The number of hydrogen-bond acceptors (Lipinski definition) is 8. The molecule has 1 atom stereocenters. The Morgan fingerprint density at radius 3 is 2.24 bits per heavy atom. The molecule has 1 heterocycles. The number of nitrogens with one attached hydrogen (secondary N) is 1. The largest absolute Gasteiger partial charge is 0.457 e. The summed E-state index contributed by atoms with van der Waals surface area (Å²) in [5.41, 5.74) is 5.51. The van der Waals surface area contributed by atoms with Gasteiger partial charge >= 0.3 is 5.97 Å². The number of rotatable bonds is 8. The molecule has 0 saturated heterocycles. The average Bonchev–Trinajstić information content (AvgIpc) is 2.78. The summed E-state index contributed by atoms with van der Waals surface area (Å²) in [5, 5.41) is 2.89. The van der Waals surface area contributed by atoms with Gasteiger partial charge in [0.2, 0.25) is 0 Å². The maximum atomic E-state index is 13.1. The van der Waals surface area contributed by atoms with Gasteiger partial charge in [-0.2, -0.15) is 0 Å². The van der Waals surface area contributed by atoms with Crippen molar-refractivity contribution in [1.29, 1.82) is 0 Å². The number of aromatic nitrogens is 2. The van der Waals surface area contributed by atoms with Crippen molar-refractivity contribution < 1.29 is 23.5 Å². The molecule has 9 heteroatoms. The first-order chi connectivity index (χ1) is 15.7. The summed E-state index contributed by atoms with van der Waals surface area (Å²) in [6, 6.07) is 13.2. The Bertz CT molecular complexity index is 1110. The van der Waals surface area contributed by atoms with Crippen LogP contribution in [0.5, 0.6) is 11.5 Å². The number of halogens is 1. The molecule has 3 rings (SSSR count). The van der Waals surface area contributed by atoms with Crippen molar-refractivity contribution in [2.45, 2.75) is 32.4 Å². The molecule has 0 amide bonds. The van der Waals surface area contributed by atoms with E-state index >= 15 is 0 Å². The molecule has 2 aromatic carbocycles. The fraction of sp³-hybridized carbons (Fsp3) is 0.250. The van der Waals surface area contributed by atoms with Crippen molar-refractivity contribution in [3.05, 3.63) is 66.1 Å². The predicted molar refractivity (Wildman–Crippen MR) is 122 cm³/mol. The summed E-state index contributed by atoms with van der Waals surface area (Å²) in [6.07, 6.45) is 0.663. The topological polar surface area (TPSA) is 116 Å². The van der Waals surface area contributed by atoms with Gasteiger partial charge in [-0.15, -0.1) is 0 Å². The Hall–Kier alpha value is -3.85. The van der Waals surface area contributed by atoms with Gasteiger partial charge in [0, 0.05) is 18.2 Å². The summed E-state index contributed by atoms with van der Waals surface area (Å²) in [5.74, 6) is 0.541. The fourth-order valence-corrected chi connectivity index (χ4v) is 2.73. The first-order valence-electron chi connectivity index (χ1n) is 10.2. The highest BCUT2D eigenvalue weighted by Crippen LogP contribution is 2.26. The van der Waals surface area contributed by atoms with Crippen LogP contribution >= 0.6 is 0 Å². The predicted octanol–water partition coefficient (Wildman–Crippen LogP) is 3.97. The van der Waals surface area contributed by atoms with Crippen molar-refractivity contribution in [3.8, 4) is 22.9 Å². The quantitative estimate of drug-likeness (QED) is 0.390. The number of carbonyl (C=O) groups is 2. The summed E-state index contributed by atoms with van der Waals surface area (Å²) < 4.78 is 24.2. The average molecular weight is 452 g/mol. The minimum Gasteiger partial charge on any atom is -0.457 e. The van der Waals surface area contributed by atoms with Gasteiger partial charge in [0.25, 0.3) is 0 Å². The van der Waals surface area contributed by atoms with E-state index in [0.29, 0.717) is 23.3 Å². The minimum atomic E-state index is -0.711. The van der Waals surface area contributed by atoms with Crippen LogP contribution in [0.25, 0.3) is 11.4 Å². The zero-order valence-electron chi connectivity index (χ0n) is 18.5. The van der Waals surface area contributed by atoms with E-state index in [9.17, 15) is 14.0 Å². The fourth-order valence-electron chi connectivity index (χ4n) is 2.73. The lowest BCUT2D eigenvalue weighted by atomic mass is 10.2. The van der Waals surface area contributed by atoms with Crippen molar-refractivity contribution in [2.75, 3.05) is 11.9 Å². The third-order valence-corrected chi connectivity index (χ3v) is 4.25. The number of anilines is 1. The van der Waals surface area contributed by atoms with Crippen LogP contribution in [0.15, 0.2) is 54.6 Å². The molecule has 0 fully saturated rings. The SMILES string of the molecule is CC(C)(C)OC(=O)c1cc(NC(C=O)CN)nc(-c2ccc(Oc3ccc(F)cc3)cc2)n1. The Morgan fingerprint density at radius 2 is 1.70 bits per heavy atom. The molecule has 33 heavy (non-hydrogen) atoms. The van der Waals surface area contributed by atoms with E-state index in [4.69, 9.17) is 15.2 Å². The maximum absolute atomic E-state index is 13.1. The minimum absolute atomic E-state index is 0.0331. The van der Waals surface area contributed by atoms with Gasteiger partial charge in [0.15, 0.2) is 11.5 Å². The number of ether oxygens (including phenoxy) is 2. The number of nitrogens with two attached hydrogens (primary N) is 1. The summed E-state index contributed by atoms with van der Waals surface area (Å²) in [6.45, 7) is 5.31. The maximum Gasteiger partial charge on any atom is 0.357 e. The number of aldehydes is 1. The van der Waals surface area contributed by atoms with Crippen LogP contribution in [0.4, 0.5) is 10.2 Å². The van der Waals surface area contributed by atoms with Crippen molar-refractivity contribution in [2.24, 2.45) is 5.73 Å². The standard InChI is InChI=1S/C24H25FN4O4/c1-24(2,3)33-23(31)20-12-21(27-17(13-26)14-30)29-22(28-20)15-4-8-18(9-5-15)32-19-10-6-16(25)7-11-19/h4-12,14,17H,13,26H2,1-3H3,(H,27,28,29). The molecular formula is C24H25FN4O4. The Morgan fingerprint density at radius 1 is 1.09 bits per heavy atom. The molecule has 0 aliphatic carbocycles. The van der Waals surface area contributed by atoms with E-state index in [-0.39, 0.29) is 29.7 Å². The second-order valence-electron chi connectivity index (χ2n) is 8.17. The first-order valence-corrected chi connectivity index (χ1v) is 10.2. The van der Waals surface area contributed by atoms with Crippen LogP contribution < -0.4 is 15.8 Å². The van der Waals surface area contributed by atoms with E-state index in [1.807, 2.05) is 0 Å². The van der Waals surface area contributed by atoms with Gasteiger partial charge in [-0.25, -0.2) is 19.2 Å². The second kappa shape index (κ2) is 10.2. The van der Waals surface area contributed by atoms with Crippen molar-refractivity contribution in [3.63, 3.8) is 0 Å². The highest BCUT2D eigenvalue weighted by molar-refractivity contribution is 5.89. The normalized spacial score (nSPS) is 12.0. The molecule has 0 radical (unpaired) electrons. The summed E-state index contributed by atoms with van der Waals surface area (Å²) in [4.78, 5) is 32.6. The van der Waals surface area contributed by atoms with Gasteiger partial charge in [-0.05, 0) is 69.3 Å². The number of benzene rings is 2. The lowest BCUT2D eigenvalue weighted by Crippen LogP contribution is -2.31. The second-order valence-corrected chi connectivity index (χ2v) is 8.17. The molecule has 0 aliphatic heterocycles. The van der Waals surface area contributed by atoms with Crippen molar-refractivity contribution in [1.82, 2.24) is 9.97 Å². The van der Waals surface area contributed by atoms with Gasteiger partial charge < -0.3 is 25.3 Å². The van der Waals surface area contributed by atoms with Gasteiger partial charge in [0.05, 0.1) is 6.04 Å². The number of hydrogen-bond donors (Lipinski definition) is 2. The Labute approximate surface area is 191 Å². The highest BCUT2D eigenvalue weighted by atomic mass is 19.1. The number of carbonyl (C=O) groups excluding carboxylic acids is 2. The van der Waals surface area contributed by atoms with Crippen molar-refractivity contribution >= 4 is 18.1 Å². The van der Waals surface area contributed by atoms with Crippen LogP contribution in [-0.4, -0.2) is 40.4 Å². The Kier molecular flexibility index (Phi) is 7.34. The summed E-state index contributed by atoms with van der Waals surface area (Å²) in [7, 11) is 0. The zero-order chi connectivity index (χ0) is 24.0. The van der Waals surface area contributed by atoms with E-state index < -0.39 is 17.6 Å². The van der Waals surface area contributed by atoms with Gasteiger partial charge in [-0.3, -0.25) is 0 Å². The van der Waals surface area contributed by atoms with Crippen LogP contribution in [-0.2, 0) is 9.53 Å². The monoisotopic (exact) mass is 452 g/mol.